The largest absolute Gasteiger partial charge is 0.509 e. The van der Waals surface area contributed by atoms with Crippen molar-refractivity contribution in [2.75, 3.05) is 96.0 Å². The predicted molar refractivity (Wildman–Crippen MR) is 490 cm³/mol. The number of nitrogen functional groups attached to an aromatic ring is 3. The molecular formula is C78H105N18O39P3S3. The second-order valence-corrected chi connectivity index (χ2v) is 44.1. The molecule has 0 saturated carbocycles. The van der Waals surface area contributed by atoms with Crippen LogP contribution in [0.2, 0.25) is 0 Å². The molecule has 0 aromatic carbocycles. The number of nitrogens with zero attached hydrogens (tertiary/aromatic N) is 12. The van der Waals surface area contributed by atoms with Crippen molar-refractivity contribution in [3.05, 3.63) is 155 Å². The number of anilines is 3. The van der Waals surface area contributed by atoms with Crippen LogP contribution < -0.4 is 50.9 Å². The maximum atomic E-state index is 14.2. The predicted octanol–water partition coefficient (Wildman–Crippen LogP) is 2.64. The Morgan fingerprint density at radius 3 is 0.901 bits per heavy atom. The van der Waals surface area contributed by atoms with Crippen molar-refractivity contribution in [1.82, 2.24) is 72.3 Å². The molecule has 774 valence electrons. The molecule has 0 radical (unpaired) electrons. The van der Waals surface area contributed by atoms with E-state index in [1.165, 1.54) is 77.5 Å². The van der Waals surface area contributed by atoms with Gasteiger partial charge >= 0.3 is 55.9 Å². The van der Waals surface area contributed by atoms with Gasteiger partial charge in [-0.15, -0.1) is 0 Å². The summed E-state index contributed by atoms with van der Waals surface area (Å²) in [6, 6.07) is 8.09. The maximum Gasteiger partial charge on any atom is 0.509 e. The lowest BCUT2D eigenvalue weighted by Crippen LogP contribution is -2.39. The summed E-state index contributed by atoms with van der Waals surface area (Å²) in [4.78, 5) is 140. The van der Waals surface area contributed by atoms with E-state index >= 15 is 0 Å². The van der Waals surface area contributed by atoms with Gasteiger partial charge in [0.25, 0.3) is 16.7 Å². The topological polar surface area (TPSA) is 752 Å². The number of carbonyl (C=O) groups excluding carboxylic acids is 3. The van der Waals surface area contributed by atoms with Crippen molar-refractivity contribution in [2.45, 2.75) is 208 Å². The van der Waals surface area contributed by atoms with Crippen LogP contribution in [0.4, 0.5) is 31.4 Å². The number of ether oxygens (including phenoxy) is 15. The summed E-state index contributed by atoms with van der Waals surface area (Å²) in [5, 5.41) is 62.8. The van der Waals surface area contributed by atoms with E-state index in [0.717, 1.165) is 31.9 Å². The molecule has 0 amide bonds. The van der Waals surface area contributed by atoms with Crippen LogP contribution in [0.5, 0.6) is 0 Å². The van der Waals surface area contributed by atoms with Crippen molar-refractivity contribution >= 4 is 124 Å². The van der Waals surface area contributed by atoms with E-state index in [1.807, 2.05) is 0 Å². The molecule has 0 spiro atoms. The van der Waals surface area contributed by atoms with Crippen LogP contribution in [0.25, 0.3) is 33.5 Å². The Bertz CT molecular complexity index is 5740. The highest BCUT2D eigenvalue weighted by molar-refractivity contribution is 8.55. The number of rotatable bonds is 39. The molecule has 6 aliphatic rings. The number of imidazole rings is 3. The second kappa shape index (κ2) is 48.1. The van der Waals surface area contributed by atoms with Gasteiger partial charge < -0.3 is 119 Å². The van der Waals surface area contributed by atoms with E-state index in [2.05, 4.69) is 44.9 Å². The number of aliphatic hydroxyl groups excluding tert-OH is 6. The van der Waals surface area contributed by atoms with E-state index in [4.69, 9.17) is 115 Å². The number of H-pyrrole nitrogens is 3. The minimum Gasteiger partial charge on any atom is -0.432 e. The molecule has 4 unspecified atom stereocenters. The van der Waals surface area contributed by atoms with Gasteiger partial charge in [-0.2, -0.15) is 0 Å². The minimum atomic E-state index is -4.37. The lowest BCUT2D eigenvalue weighted by Gasteiger charge is -2.28. The zero-order valence-electron chi connectivity index (χ0n) is 76.3. The number of pyridine rings is 3. The van der Waals surface area contributed by atoms with Crippen molar-refractivity contribution in [2.24, 2.45) is 0 Å². The number of aromatic amines is 3. The lowest BCUT2D eigenvalue weighted by atomic mass is 10.1. The zero-order valence-corrected chi connectivity index (χ0v) is 81.5. The summed E-state index contributed by atoms with van der Waals surface area (Å²) in [5.41, 5.74) is 17.5. The van der Waals surface area contributed by atoms with Crippen LogP contribution in [0.1, 0.15) is 98.2 Å². The van der Waals surface area contributed by atoms with Crippen molar-refractivity contribution in [3.63, 3.8) is 0 Å². The third kappa shape index (κ3) is 26.4. The van der Waals surface area contributed by atoms with Gasteiger partial charge in [-0.05, 0) is 59.7 Å². The SMILES string of the molecule is COC1[C@@H](OP(=O)(OC[C@H]2O[C@@H](n3cnc4c(N)ccnc43)C[C@H]2O)SCOC(=O)OC(C)C)[C@@H](CO)O[C@H]1n1ccc(=O)[nH]c1=O.COC1[C@@H](O[P@@](=O)(OC[C@H]2O[C@@H](n3cnc4c(N)ccnc43)C[C@H]2O)SCOC(=O)OC(C)C)[C@@H](CO)O[C@H]1n1ccc(=O)[nH]c1=O.COC1[C@@H](O[P@](=O)(OC[C@H]2O[C@@H](n3cnc4c(N)ccnc43)C[C@H]2O)SCOC(=O)OC(C)C)[C@@H](CO)O[C@H]1n1ccc(=O)[nH]c1=O. The number of aliphatic hydroxyl groups is 6. The van der Waals surface area contributed by atoms with E-state index < -0.39 is 277 Å². The Hall–Kier alpha value is -9.99. The van der Waals surface area contributed by atoms with E-state index in [0.29, 0.717) is 84.7 Å². The normalized spacial score (nSPS) is 27.3. The average molecular weight is 2110 g/mol. The fourth-order valence-corrected chi connectivity index (χ4v) is 23.6. The minimum absolute atomic E-state index is 0.114. The third-order valence-electron chi connectivity index (χ3n) is 21.7. The number of fused-ring (bicyclic) bond motifs is 3. The Balaban J connectivity index is 0.000000178. The number of nitrogens with two attached hydrogens (primary N) is 3. The Morgan fingerprint density at radius 2 is 0.667 bits per heavy atom. The molecule has 9 aromatic heterocycles. The standard InChI is InChI=1S/3C26H35N6O13PS/c3*1-13(2)42-26(37)40-12-47-46(38,45-21-16(9-33)44-24(22(21)39-3)31-7-5-18(35)30-25(31)36)41-10-17-15(34)8-19(43-17)32-11-29-20-14(27)4-6-28-23(20)32/h3*4-7,11,13,15-17,19,21-22,24,33-34H,8-10,12H2,1-3H3,(H2,27,28)(H,30,35,36)/t15-,16-,17-,19-,21+,22?,24-,46?;15-,16-,17-,19-,21+,22?,24-,46+;15-,16-,17-,19-,21+,22?,24-,46-/m111/s1. The van der Waals surface area contributed by atoms with Gasteiger partial charge in [-0.3, -0.25) is 83.9 Å². The molecule has 6 fully saturated rings. The third-order valence-corrected chi connectivity index (χ3v) is 31.7. The Kier molecular flexibility index (Phi) is 37.0. The molecule has 6 aliphatic heterocycles. The van der Waals surface area contributed by atoms with Gasteiger partial charge in [0, 0.05) is 130 Å². The first-order valence-electron chi connectivity index (χ1n) is 43.0. The molecule has 0 aliphatic carbocycles. The van der Waals surface area contributed by atoms with Crippen LogP contribution in [0.3, 0.4) is 0 Å². The molecule has 15 N–H and O–H groups in total. The number of nitrogens with one attached hydrogen (secondary N) is 3. The molecule has 63 heteroatoms. The summed E-state index contributed by atoms with van der Waals surface area (Å²) in [6.07, 6.45) is -14.5. The number of hydrogen-bond acceptors (Lipinski definition) is 51. The smallest absolute Gasteiger partial charge is 0.432 e. The van der Waals surface area contributed by atoms with Gasteiger partial charge in [-0.25, -0.2) is 72.4 Å². The maximum absolute atomic E-state index is 14.2. The molecule has 6 saturated heterocycles. The lowest BCUT2D eigenvalue weighted by molar-refractivity contribution is -0.0625. The van der Waals surface area contributed by atoms with Crippen molar-refractivity contribution in [3.8, 4) is 0 Å². The van der Waals surface area contributed by atoms with Gasteiger partial charge in [0.15, 0.2) is 53.4 Å². The summed E-state index contributed by atoms with van der Waals surface area (Å²) in [5.74, 6) is -1.61. The van der Waals surface area contributed by atoms with Gasteiger partial charge in [-0.1, -0.05) is 0 Å². The molecule has 9 aromatic rings. The fourth-order valence-electron chi connectivity index (χ4n) is 15.2. The quantitative estimate of drug-likeness (QED) is 0.0114. The van der Waals surface area contributed by atoms with Gasteiger partial charge in [0.2, 0.25) is 0 Å². The van der Waals surface area contributed by atoms with E-state index in [1.54, 1.807) is 73.4 Å². The molecule has 24 atom stereocenters. The molecule has 0 bridgehead atoms. The summed E-state index contributed by atoms with van der Waals surface area (Å²) >= 11 is 1.45. The molecule has 15 heterocycles. The number of carbonyl (C=O) groups is 3. The van der Waals surface area contributed by atoms with Gasteiger partial charge in [0.05, 0.1) is 112 Å². The average Bonchev–Trinajstić information content (AvgIpc) is 1.64. The van der Waals surface area contributed by atoms with Crippen LogP contribution in [-0.4, -0.2) is 310 Å². The molecular weight excluding hydrogens is 2000 g/mol. The molecule has 141 heavy (non-hydrogen) atoms. The highest BCUT2D eigenvalue weighted by atomic mass is 32.7. The summed E-state index contributed by atoms with van der Waals surface area (Å²) in [6.45, 7) is -6.69. The van der Waals surface area contributed by atoms with Crippen molar-refractivity contribution < 1.29 is 157 Å². The van der Waals surface area contributed by atoms with Crippen LogP contribution in [-0.2, 0) is 112 Å². The van der Waals surface area contributed by atoms with E-state index in [-0.39, 0.29) is 19.3 Å². The van der Waals surface area contributed by atoms with E-state index in [9.17, 15) is 87.5 Å². The molecule has 15 rings (SSSR count). The Morgan fingerprint density at radius 1 is 0.404 bits per heavy atom. The number of methoxy groups -OCH3 is 3. The van der Waals surface area contributed by atoms with Crippen LogP contribution in [0, 0.1) is 0 Å². The number of aromatic nitrogens is 15. The molecule has 57 nitrogen and oxygen atoms in total. The highest BCUT2D eigenvalue weighted by Gasteiger charge is 2.55. The van der Waals surface area contributed by atoms with Crippen molar-refractivity contribution in [1.29, 1.82) is 0 Å². The summed E-state index contributed by atoms with van der Waals surface area (Å²) in [7, 11) is 3.84. The zero-order chi connectivity index (χ0) is 102. The first-order valence-corrected chi connectivity index (χ1v) is 52.4. The highest BCUT2D eigenvalue weighted by Crippen LogP contribution is 2.66. The second-order valence-electron chi connectivity index (χ2n) is 32.2. The number of hydrogen-bond donors (Lipinski definition) is 12. The van der Waals surface area contributed by atoms with Crippen LogP contribution in [0.15, 0.2) is 121 Å². The summed E-state index contributed by atoms with van der Waals surface area (Å²) < 4.78 is 168. The van der Waals surface area contributed by atoms with Crippen LogP contribution >= 0.6 is 54.5 Å². The van der Waals surface area contributed by atoms with Gasteiger partial charge in [0.1, 0.15) is 108 Å². The first-order chi connectivity index (χ1) is 67.3. The monoisotopic (exact) mass is 2110 g/mol. The first kappa shape index (κ1) is 108. The Labute approximate surface area is 807 Å². The fraction of sp³-hybridized carbons (Fsp3) is 0.577.